The van der Waals surface area contributed by atoms with Gasteiger partial charge in [0.25, 0.3) is 0 Å². The van der Waals surface area contributed by atoms with E-state index in [1.165, 1.54) is 5.56 Å². The lowest BCUT2D eigenvalue weighted by Crippen LogP contribution is -2.09. The zero-order chi connectivity index (χ0) is 20.6. The van der Waals surface area contributed by atoms with Crippen LogP contribution < -0.4 is 4.74 Å². The average Bonchev–Trinajstić information content (AvgIpc) is 2.75. The summed E-state index contributed by atoms with van der Waals surface area (Å²) in [5.74, 6) is -0.510. The van der Waals surface area contributed by atoms with Gasteiger partial charge < -0.3 is 9.47 Å². The van der Waals surface area contributed by atoms with E-state index in [1.54, 1.807) is 43.3 Å². The van der Waals surface area contributed by atoms with Crippen molar-refractivity contribution in [1.82, 2.24) is 4.98 Å². The van der Waals surface area contributed by atoms with Crippen molar-refractivity contribution >= 4 is 11.9 Å². The number of rotatable bonds is 7. The Bertz CT molecular complexity index is 961. The molecule has 0 N–H and O–H groups in total. The molecule has 5 heteroatoms. The van der Waals surface area contributed by atoms with Crippen molar-refractivity contribution < 1.29 is 19.1 Å². The normalized spacial score (nSPS) is 10.4. The van der Waals surface area contributed by atoms with Gasteiger partial charge in [0.05, 0.1) is 23.4 Å². The zero-order valence-corrected chi connectivity index (χ0v) is 16.6. The topological polar surface area (TPSA) is 65.5 Å². The average molecular weight is 389 g/mol. The van der Waals surface area contributed by atoms with Crippen LogP contribution in [0.5, 0.6) is 5.75 Å². The molecule has 0 bridgehead atoms. The first-order valence-corrected chi connectivity index (χ1v) is 9.65. The number of pyridine rings is 1. The van der Waals surface area contributed by atoms with E-state index in [1.807, 2.05) is 24.4 Å². The molecule has 0 aliphatic heterocycles. The van der Waals surface area contributed by atoms with Gasteiger partial charge in [0.2, 0.25) is 0 Å². The molecule has 0 unspecified atom stereocenters. The molecule has 148 valence electrons. The van der Waals surface area contributed by atoms with Gasteiger partial charge in [-0.2, -0.15) is 0 Å². The first kappa shape index (κ1) is 20.3. The third-order valence-electron chi connectivity index (χ3n) is 4.36. The Labute approximate surface area is 170 Å². The van der Waals surface area contributed by atoms with E-state index < -0.39 is 11.9 Å². The maximum absolute atomic E-state index is 12.4. The van der Waals surface area contributed by atoms with E-state index >= 15 is 0 Å². The Kier molecular flexibility index (Phi) is 6.74. The van der Waals surface area contributed by atoms with E-state index in [4.69, 9.17) is 9.47 Å². The molecular weight excluding hydrogens is 366 g/mol. The fourth-order valence-corrected chi connectivity index (χ4v) is 2.85. The highest BCUT2D eigenvalue weighted by molar-refractivity contribution is 5.92. The van der Waals surface area contributed by atoms with Crippen LogP contribution in [0.2, 0.25) is 0 Å². The van der Waals surface area contributed by atoms with E-state index in [0.717, 1.165) is 24.1 Å². The number of esters is 2. The van der Waals surface area contributed by atoms with Crippen LogP contribution in [-0.4, -0.2) is 23.5 Å². The number of carbonyl (C=O) groups excluding carboxylic acids is 2. The predicted molar refractivity (Wildman–Crippen MR) is 111 cm³/mol. The molecule has 1 heterocycles. The van der Waals surface area contributed by atoms with Crippen LogP contribution >= 0.6 is 0 Å². The van der Waals surface area contributed by atoms with Gasteiger partial charge in [0.1, 0.15) is 5.75 Å². The number of aryl methyl sites for hydroxylation is 1. The fraction of sp³-hybridized carbons (Fsp3) is 0.208. The molecule has 1 aromatic heterocycles. The molecule has 0 spiro atoms. The summed E-state index contributed by atoms with van der Waals surface area (Å²) in [6.45, 7) is 4.20. The molecule has 0 aliphatic carbocycles. The molecule has 3 rings (SSSR count). The number of benzene rings is 2. The molecule has 29 heavy (non-hydrogen) atoms. The molecule has 0 radical (unpaired) electrons. The van der Waals surface area contributed by atoms with Gasteiger partial charge >= 0.3 is 11.9 Å². The maximum atomic E-state index is 12.4. The van der Waals surface area contributed by atoms with Gasteiger partial charge in [0.15, 0.2) is 0 Å². The predicted octanol–water partition coefficient (Wildman–Crippen LogP) is 5.10. The Hall–Kier alpha value is -3.47. The molecule has 0 fully saturated rings. The second kappa shape index (κ2) is 9.64. The lowest BCUT2D eigenvalue weighted by Gasteiger charge is -2.07. The van der Waals surface area contributed by atoms with Crippen molar-refractivity contribution in [3.8, 4) is 17.0 Å². The molecule has 0 saturated carbocycles. The highest BCUT2D eigenvalue weighted by atomic mass is 16.5. The van der Waals surface area contributed by atoms with Crippen LogP contribution in [0, 0.1) is 0 Å². The Morgan fingerprint density at radius 3 is 2.07 bits per heavy atom. The van der Waals surface area contributed by atoms with Crippen molar-refractivity contribution in [2.45, 2.75) is 26.7 Å². The highest BCUT2D eigenvalue weighted by Crippen LogP contribution is 2.20. The van der Waals surface area contributed by atoms with Gasteiger partial charge in [-0.25, -0.2) is 9.59 Å². The molecule has 0 saturated heterocycles. The van der Waals surface area contributed by atoms with Crippen LogP contribution in [-0.2, 0) is 11.2 Å². The lowest BCUT2D eigenvalue weighted by molar-refractivity contribution is 0.0526. The third kappa shape index (κ3) is 5.29. The molecule has 2 aromatic carbocycles. The molecule has 5 nitrogen and oxygen atoms in total. The van der Waals surface area contributed by atoms with E-state index in [2.05, 4.69) is 18.0 Å². The minimum absolute atomic E-state index is 0.309. The zero-order valence-electron chi connectivity index (χ0n) is 16.6. The van der Waals surface area contributed by atoms with Crippen LogP contribution in [0.15, 0.2) is 66.9 Å². The van der Waals surface area contributed by atoms with E-state index in [-0.39, 0.29) is 0 Å². The van der Waals surface area contributed by atoms with Crippen LogP contribution in [0.25, 0.3) is 11.3 Å². The quantitative estimate of drug-likeness (QED) is 0.416. The summed E-state index contributed by atoms with van der Waals surface area (Å²) in [6, 6.07) is 17.5. The third-order valence-corrected chi connectivity index (χ3v) is 4.36. The van der Waals surface area contributed by atoms with E-state index in [0.29, 0.717) is 23.5 Å². The summed E-state index contributed by atoms with van der Waals surface area (Å²) >= 11 is 0. The maximum Gasteiger partial charge on any atom is 0.343 e. The number of carbonyl (C=O) groups is 2. The smallest absolute Gasteiger partial charge is 0.343 e. The summed E-state index contributed by atoms with van der Waals surface area (Å²) in [4.78, 5) is 28.5. The van der Waals surface area contributed by atoms with Gasteiger partial charge in [-0.1, -0.05) is 31.5 Å². The molecule has 0 atom stereocenters. The number of hydrogen-bond donors (Lipinski definition) is 0. The largest absolute Gasteiger partial charge is 0.462 e. The van der Waals surface area contributed by atoms with Crippen LogP contribution in [0.4, 0.5) is 0 Å². The van der Waals surface area contributed by atoms with Crippen LogP contribution in [0.3, 0.4) is 0 Å². The monoisotopic (exact) mass is 389 g/mol. The van der Waals surface area contributed by atoms with E-state index in [9.17, 15) is 9.59 Å². The van der Waals surface area contributed by atoms with Gasteiger partial charge in [-0.05, 0) is 61.4 Å². The van der Waals surface area contributed by atoms with Crippen molar-refractivity contribution in [1.29, 1.82) is 0 Å². The Morgan fingerprint density at radius 1 is 0.828 bits per heavy atom. The SMILES string of the molecule is CCCc1ccc(-c2ccc(C(=O)Oc3ccc(C(=O)OCC)cc3)cc2)nc1. The van der Waals surface area contributed by atoms with Crippen molar-refractivity contribution in [3.63, 3.8) is 0 Å². The Balaban J connectivity index is 1.65. The minimum atomic E-state index is -0.466. The standard InChI is InChI=1S/C24H23NO4/c1-3-5-17-6-15-22(25-16-17)18-7-9-20(10-8-18)24(27)29-21-13-11-19(12-14-21)23(26)28-4-2/h6-16H,3-5H2,1-2H3. The minimum Gasteiger partial charge on any atom is -0.462 e. The summed E-state index contributed by atoms with van der Waals surface area (Å²) < 4.78 is 10.3. The molecule has 3 aromatic rings. The lowest BCUT2D eigenvalue weighted by atomic mass is 10.1. The summed E-state index contributed by atoms with van der Waals surface area (Å²) in [5, 5.41) is 0. The second-order valence-electron chi connectivity index (χ2n) is 6.51. The molecule has 0 aliphatic rings. The number of aromatic nitrogens is 1. The fourth-order valence-electron chi connectivity index (χ4n) is 2.85. The number of ether oxygens (including phenoxy) is 2. The summed E-state index contributed by atoms with van der Waals surface area (Å²) in [6.07, 6.45) is 3.99. The van der Waals surface area contributed by atoms with Gasteiger partial charge in [-0.3, -0.25) is 4.98 Å². The number of nitrogens with zero attached hydrogens (tertiary/aromatic N) is 1. The molecular formula is C24H23NO4. The van der Waals surface area contributed by atoms with Crippen molar-refractivity contribution in [2.75, 3.05) is 6.61 Å². The van der Waals surface area contributed by atoms with Gasteiger partial charge in [0, 0.05) is 11.8 Å². The second-order valence-corrected chi connectivity index (χ2v) is 6.51. The first-order valence-electron chi connectivity index (χ1n) is 9.65. The first-order chi connectivity index (χ1) is 14.1. The Morgan fingerprint density at radius 2 is 1.48 bits per heavy atom. The highest BCUT2D eigenvalue weighted by Gasteiger charge is 2.11. The number of hydrogen-bond acceptors (Lipinski definition) is 5. The van der Waals surface area contributed by atoms with Crippen molar-refractivity contribution in [3.05, 3.63) is 83.6 Å². The van der Waals surface area contributed by atoms with Crippen LogP contribution in [0.1, 0.15) is 46.5 Å². The van der Waals surface area contributed by atoms with Gasteiger partial charge in [-0.15, -0.1) is 0 Å². The molecule has 0 amide bonds. The summed E-state index contributed by atoms with van der Waals surface area (Å²) in [5.41, 5.74) is 3.85. The van der Waals surface area contributed by atoms with Crippen molar-refractivity contribution in [2.24, 2.45) is 0 Å². The summed E-state index contributed by atoms with van der Waals surface area (Å²) in [7, 11) is 0.